The number of ketones is 1. The smallest absolute Gasteiger partial charge is 0.252 e. The number of nitrogens with zero attached hydrogens (tertiary/aromatic N) is 2. The van der Waals surface area contributed by atoms with Gasteiger partial charge >= 0.3 is 0 Å². The average molecular weight is 413 g/mol. The van der Waals surface area contributed by atoms with E-state index in [1.165, 1.54) is 24.3 Å². The Labute approximate surface area is 179 Å². The van der Waals surface area contributed by atoms with Crippen LogP contribution in [0.2, 0.25) is 0 Å². The number of hydrogen-bond donors (Lipinski definition) is 1. The molecule has 0 aliphatic rings. The maximum absolute atomic E-state index is 13.2. The van der Waals surface area contributed by atoms with Crippen LogP contribution >= 0.6 is 0 Å². The quantitative estimate of drug-likeness (QED) is 0.461. The summed E-state index contributed by atoms with van der Waals surface area (Å²) in [6.07, 6.45) is 3.60. The maximum atomic E-state index is 13.2. The Morgan fingerprint density at radius 3 is 2.23 bits per heavy atom. The predicted octanol–water partition coefficient (Wildman–Crippen LogP) is 4.23. The molecule has 1 heterocycles. The molecule has 0 aliphatic carbocycles. The van der Waals surface area contributed by atoms with Crippen molar-refractivity contribution in [3.63, 3.8) is 0 Å². The first-order valence-electron chi connectivity index (χ1n) is 9.83. The second-order valence-corrected chi connectivity index (χ2v) is 7.04. The summed E-state index contributed by atoms with van der Waals surface area (Å²) in [5, 5.41) is 7.14. The van der Waals surface area contributed by atoms with Gasteiger partial charge in [-0.15, -0.1) is 0 Å². The van der Waals surface area contributed by atoms with Gasteiger partial charge in [0.05, 0.1) is 12.1 Å². The first kappa shape index (κ1) is 20.2. The third kappa shape index (κ3) is 4.75. The van der Waals surface area contributed by atoms with Gasteiger partial charge in [-0.2, -0.15) is 5.10 Å². The van der Waals surface area contributed by atoms with Crippen LogP contribution in [0.4, 0.5) is 4.39 Å². The lowest BCUT2D eigenvalue weighted by molar-refractivity contribution is 0.0939. The first-order valence-corrected chi connectivity index (χ1v) is 9.83. The third-order valence-electron chi connectivity index (χ3n) is 4.97. The maximum Gasteiger partial charge on any atom is 0.252 e. The fourth-order valence-corrected chi connectivity index (χ4v) is 3.36. The Bertz CT molecular complexity index is 1200. The van der Waals surface area contributed by atoms with E-state index in [-0.39, 0.29) is 22.8 Å². The second kappa shape index (κ2) is 9.17. The Hall–Kier alpha value is -4.06. The van der Waals surface area contributed by atoms with Gasteiger partial charge in [-0.1, -0.05) is 42.5 Å². The van der Waals surface area contributed by atoms with Crippen LogP contribution in [0.5, 0.6) is 0 Å². The van der Waals surface area contributed by atoms with E-state index in [0.29, 0.717) is 18.7 Å². The fraction of sp³-hybridized carbons (Fsp3) is 0.0800. The van der Waals surface area contributed by atoms with Crippen molar-refractivity contribution < 1.29 is 14.0 Å². The molecular weight excluding hydrogens is 393 g/mol. The van der Waals surface area contributed by atoms with Gasteiger partial charge in [0.1, 0.15) is 5.82 Å². The largest absolute Gasteiger partial charge is 0.348 e. The molecule has 0 saturated heterocycles. The van der Waals surface area contributed by atoms with Crippen LogP contribution < -0.4 is 5.32 Å². The summed E-state index contributed by atoms with van der Waals surface area (Å²) in [6, 6.07) is 21.6. The van der Waals surface area contributed by atoms with E-state index >= 15 is 0 Å². The van der Waals surface area contributed by atoms with Gasteiger partial charge in [0.2, 0.25) is 0 Å². The van der Waals surface area contributed by atoms with Crippen LogP contribution in [0, 0.1) is 5.82 Å². The zero-order valence-electron chi connectivity index (χ0n) is 16.7. The minimum atomic E-state index is -0.420. The number of carbonyl (C=O) groups excluding carboxylic acids is 2. The molecule has 0 atom stereocenters. The monoisotopic (exact) mass is 413 g/mol. The highest BCUT2D eigenvalue weighted by Crippen LogP contribution is 2.16. The van der Waals surface area contributed by atoms with Gasteiger partial charge in [-0.05, 0) is 47.5 Å². The van der Waals surface area contributed by atoms with E-state index in [0.717, 1.165) is 11.1 Å². The Morgan fingerprint density at radius 2 is 1.52 bits per heavy atom. The summed E-state index contributed by atoms with van der Waals surface area (Å²) < 4.78 is 15.0. The lowest BCUT2D eigenvalue weighted by Crippen LogP contribution is -2.25. The van der Waals surface area contributed by atoms with Gasteiger partial charge in [0.25, 0.3) is 5.91 Å². The molecule has 0 spiro atoms. The van der Waals surface area contributed by atoms with Crippen LogP contribution in [0.3, 0.4) is 0 Å². The van der Waals surface area contributed by atoms with E-state index in [9.17, 15) is 14.0 Å². The third-order valence-corrected chi connectivity index (χ3v) is 4.97. The standard InChI is InChI=1S/C25H20FN3O2/c26-21-12-10-18(11-13-21)24(30)22-8-3-4-9-23(22)25(31)27-16-19-6-1-2-7-20(19)17-29-15-5-14-28-29/h1-15H,16-17H2,(H,27,31). The van der Waals surface area contributed by atoms with Crippen molar-refractivity contribution in [3.8, 4) is 0 Å². The molecule has 3 aromatic carbocycles. The van der Waals surface area contributed by atoms with Crippen LogP contribution in [0.15, 0.2) is 91.3 Å². The molecule has 5 nitrogen and oxygen atoms in total. The van der Waals surface area contributed by atoms with Gasteiger partial charge in [-0.3, -0.25) is 14.3 Å². The van der Waals surface area contributed by atoms with Gasteiger partial charge in [-0.25, -0.2) is 4.39 Å². The molecule has 0 unspecified atom stereocenters. The minimum Gasteiger partial charge on any atom is -0.348 e. The predicted molar refractivity (Wildman–Crippen MR) is 115 cm³/mol. The summed E-state index contributed by atoms with van der Waals surface area (Å²) >= 11 is 0. The van der Waals surface area contributed by atoms with E-state index in [2.05, 4.69) is 10.4 Å². The van der Waals surface area contributed by atoms with E-state index in [1.54, 1.807) is 30.5 Å². The molecule has 1 N–H and O–H groups in total. The SMILES string of the molecule is O=C(NCc1ccccc1Cn1cccn1)c1ccccc1C(=O)c1ccc(F)cc1. The van der Waals surface area contributed by atoms with Crippen molar-refractivity contribution in [2.24, 2.45) is 0 Å². The van der Waals surface area contributed by atoms with Crippen LogP contribution in [-0.2, 0) is 13.1 Å². The number of aromatic nitrogens is 2. The second-order valence-electron chi connectivity index (χ2n) is 7.04. The van der Waals surface area contributed by atoms with Crippen molar-refractivity contribution in [2.45, 2.75) is 13.1 Å². The zero-order chi connectivity index (χ0) is 21.6. The number of amides is 1. The lowest BCUT2D eigenvalue weighted by Gasteiger charge is -2.13. The summed E-state index contributed by atoms with van der Waals surface area (Å²) in [6.45, 7) is 0.911. The molecule has 1 aromatic heterocycles. The Kier molecular flexibility index (Phi) is 5.98. The molecule has 4 rings (SSSR count). The van der Waals surface area contributed by atoms with Gasteiger partial charge < -0.3 is 5.32 Å². The highest BCUT2D eigenvalue weighted by Gasteiger charge is 2.18. The number of benzene rings is 3. The fourth-order valence-electron chi connectivity index (χ4n) is 3.36. The van der Waals surface area contributed by atoms with Crippen LogP contribution in [0.25, 0.3) is 0 Å². The Morgan fingerprint density at radius 1 is 0.839 bits per heavy atom. The molecule has 31 heavy (non-hydrogen) atoms. The highest BCUT2D eigenvalue weighted by atomic mass is 19.1. The number of carbonyl (C=O) groups is 2. The van der Waals surface area contributed by atoms with E-state index in [1.807, 2.05) is 41.2 Å². The van der Waals surface area contributed by atoms with Crippen molar-refractivity contribution in [2.75, 3.05) is 0 Å². The summed E-state index contributed by atoms with van der Waals surface area (Å²) in [7, 11) is 0. The minimum absolute atomic E-state index is 0.274. The number of hydrogen-bond acceptors (Lipinski definition) is 3. The molecule has 0 aliphatic heterocycles. The van der Waals surface area contributed by atoms with Crippen LogP contribution in [0.1, 0.15) is 37.4 Å². The highest BCUT2D eigenvalue weighted by molar-refractivity contribution is 6.15. The van der Waals surface area contributed by atoms with E-state index in [4.69, 9.17) is 0 Å². The zero-order valence-corrected chi connectivity index (χ0v) is 16.7. The molecule has 154 valence electrons. The van der Waals surface area contributed by atoms with Crippen molar-refractivity contribution in [1.82, 2.24) is 15.1 Å². The molecule has 0 radical (unpaired) electrons. The molecule has 0 bridgehead atoms. The van der Waals surface area contributed by atoms with Gasteiger partial charge in [0, 0.05) is 30.1 Å². The van der Waals surface area contributed by atoms with Crippen LogP contribution in [-0.4, -0.2) is 21.5 Å². The molecular formula is C25H20FN3O2. The normalized spacial score (nSPS) is 10.6. The molecule has 0 fully saturated rings. The first-order chi connectivity index (χ1) is 15.1. The number of nitrogens with one attached hydrogen (secondary N) is 1. The van der Waals surface area contributed by atoms with Crippen molar-refractivity contribution in [1.29, 1.82) is 0 Å². The summed E-state index contributed by atoms with van der Waals surface area (Å²) in [5.74, 6) is -1.10. The lowest BCUT2D eigenvalue weighted by atomic mass is 9.97. The molecule has 6 heteroatoms. The van der Waals surface area contributed by atoms with Crippen molar-refractivity contribution >= 4 is 11.7 Å². The van der Waals surface area contributed by atoms with E-state index < -0.39 is 5.82 Å². The average Bonchev–Trinajstić information content (AvgIpc) is 3.31. The number of halogens is 1. The molecule has 0 saturated carbocycles. The Balaban J connectivity index is 1.52. The number of rotatable bonds is 7. The van der Waals surface area contributed by atoms with Gasteiger partial charge in [0.15, 0.2) is 5.78 Å². The summed E-state index contributed by atoms with van der Waals surface area (Å²) in [4.78, 5) is 25.8. The molecule has 4 aromatic rings. The topological polar surface area (TPSA) is 64.0 Å². The van der Waals surface area contributed by atoms with Crippen molar-refractivity contribution in [3.05, 3.63) is 125 Å². The molecule has 1 amide bonds. The summed E-state index contributed by atoms with van der Waals surface area (Å²) in [5.41, 5.74) is 2.89.